The molecule has 0 unspecified atom stereocenters. The van der Waals surface area contributed by atoms with Crippen LogP contribution in [0.2, 0.25) is 0 Å². The van der Waals surface area contributed by atoms with E-state index in [1.165, 1.54) is 4.88 Å². The molecule has 0 saturated heterocycles. The highest BCUT2D eigenvalue weighted by atomic mass is 127. The number of fused-ring (bicyclic) bond motifs is 1. The lowest BCUT2D eigenvalue weighted by molar-refractivity contribution is 0.297. The number of nitrogens with zero attached hydrogens (tertiary/aromatic N) is 1. The molecule has 0 aliphatic carbocycles. The number of guanidine groups is 1. The third-order valence-electron chi connectivity index (χ3n) is 3.53. The van der Waals surface area contributed by atoms with Crippen LogP contribution in [0, 0.1) is 0 Å². The Bertz CT molecular complexity index is 724. The van der Waals surface area contributed by atoms with E-state index in [9.17, 15) is 0 Å². The number of rotatable bonds is 4. The molecule has 1 aliphatic rings. The minimum atomic E-state index is 0. The third-order valence-corrected chi connectivity index (χ3v) is 5.21. The van der Waals surface area contributed by atoms with Crippen LogP contribution in [0.3, 0.4) is 0 Å². The molecule has 1 aromatic carbocycles. The average molecular weight is 538 g/mol. The Morgan fingerprint density at radius 2 is 2.00 bits per heavy atom. The van der Waals surface area contributed by atoms with Gasteiger partial charge in [0.05, 0.1) is 17.0 Å². The highest BCUT2D eigenvalue weighted by Crippen LogP contribution is 2.32. The second-order valence-electron chi connectivity index (χ2n) is 5.29. The summed E-state index contributed by atoms with van der Waals surface area (Å²) >= 11 is 5.24. The van der Waals surface area contributed by atoms with Crippen LogP contribution in [0.15, 0.2) is 39.1 Å². The number of benzene rings is 1. The Morgan fingerprint density at radius 1 is 1.20 bits per heavy atom. The maximum atomic E-state index is 5.72. The highest BCUT2D eigenvalue weighted by molar-refractivity contribution is 14.0. The zero-order valence-corrected chi connectivity index (χ0v) is 18.6. The molecule has 5 nitrogen and oxygen atoms in total. The first-order chi connectivity index (χ1) is 11.7. The number of thiophene rings is 1. The van der Waals surface area contributed by atoms with Gasteiger partial charge < -0.3 is 20.1 Å². The quantitative estimate of drug-likeness (QED) is 0.342. The smallest absolute Gasteiger partial charge is 0.195 e. The molecule has 0 radical (unpaired) electrons. The van der Waals surface area contributed by atoms with Crippen LogP contribution in [-0.2, 0) is 6.42 Å². The predicted molar refractivity (Wildman–Crippen MR) is 118 cm³/mol. The van der Waals surface area contributed by atoms with Crippen molar-refractivity contribution in [1.29, 1.82) is 0 Å². The fraction of sp³-hybridized carbons (Fsp3) is 0.353. The van der Waals surface area contributed by atoms with E-state index in [2.05, 4.69) is 43.7 Å². The van der Waals surface area contributed by atoms with E-state index in [4.69, 9.17) is 9.47 Å². The molecule has 8 heteroatoms. The molecule has 25 heavy (non-hydrogen) atoms. The summed E-state index contributed by atoms with van der Waals surface area (Å²) in [6.45, 7) is 2.19. The van der Waals surface area contributed by atoms with Crippen molar-refractivity contribution in [3.05, 3.63) is 39.0 Å². The van der Waals surface area contributed by atoms with Crippen LogP contribution in [0.5, 0.6) is 11.5 Å². The predicted octanol–water partition coefficient (Wildman–Crippen LogP) is 4.52. The Labute approximate surface area is 177 Å². The second-order valence-corrected chi connectivity index (χ2v) is 7.84. The van der Waals surface area contributed by atoms with E-state index in [1.807, 2.05) is 18.2 Å². The van der Waals surface area contributed by atoms with Crippen LogP contribution in [0.1, 0.15) is 11.3 Å². The molecule has 3 rings (SSSR count). The number of nitrogens with one attached hydrogen (secondary N) is 2. The first-order valence-electron chi connectivity index (χ1n) is 7.86. The fourth-order valence-electron chi connectivity index (χ4n) is 2.35. The SMILES string of the molecule is CN=C(NCCc1ccc(Br)s1)Nc1ccc2c(c1)OCCCO2.I. The molecule has 136 valence electrons. The lowest BCUT2D eigenvalue weighted by Crippen LogP contribution is -2.32. The number of hydrogen-bond donors (Lipinski definition) is 2. The van der Waals surface area contributed by atoms with Crippen LogP contribution in [0.25, 0.3) is 0 Å². The molecule has 1 aliphatic heterocycles. The molecule has 0 amide bonds. The van der Waals surface area contributed by atoms with E-state index in [1.54, 1.807) is 18.4 Å². The number of aliphatic imine (C=N–C) groups is 1. The Kier molecular flexibility index (Phi) is 8.31. The number of hydrogen-bond acceptors (Lipinski definition) is 4. The molecule has 0 bridgehead atoms. The molecule has 0 atom stereocenters. The first-order valence-corrected chi connectivity index (χ1v) is 9.47. The van der Waals surface area contributed by atoms with E-state index in [0.717, 1.165) is 46.3 Å². The molecular formula is C17H21BrIN3O2S. The van der Waals surface area contributed by atoms with Gasteiger partial charge in [0.2, 0.25) is 0 Å². The molecule has 0 saturated carbocycles. The molecule has 2 heterocycles. The van der Waals surface area contributed by atoms with Gasteiger partial charge in [0, 0.05) is 36.6 Å². The summed E-state index contributed by atoms with van der Waals surface area (Å²) < 4.78 is 12.5. The lowest BCUT2D eigenvalue weighted by atomic mass is 10.2. The maximum absolute atomic E-state index is 5.72. The maximum Gasteiger partial charge on any atom is 0.195 e. The summed E-state index contributed by atoms with van der Waals surface area (Å²) in [6, 6.07) is 10.1. The molecule has 2 N–H and O–H groups in total. The summed E-state index contributed by atoms with van der Waals surface area (Å²) in [7, 11) is 1.76. The van der Waals surface area contributed by atoms with Crippen LogP contribution in [-0.4, -0.2) is 32.8 Å². The van der Waals surface area contributed by atoms with Crippen molar-refractivity contribution in [2.45, 2.75) is 12.8 Å². The van der Waals surface area contributed by atoms with Gasteiger partial charge >= 0.3 is 0 Å². The summed E-state index contributed by atoms with van der Waals surface area (Å²) in [4.78, 5) is 5.60. The van der Waals surface area contributed by atoms with Crippen molar-refractivity contribution < 1.29 is 9.47 Å². The molecule has 1 aromatic heterocycles. The number of ether oxygens (including phenoxy) is 2. The van der Waals surface area contributed by atoms with Crippen molar-refractivity contribution in [2.75, 3.05) is 32.1 Å². The van der Waals surface area contributed by atoms with E-state index in [0.29, 0.717) is 13.2 Å². The Balaban J connectivity index is 0.00000225. The molecule has 0 fully saturated rings. The average Bonchev–Trinajstić information content (AvgIpc) is 2.86. The standard InChI is InChI=1S/C17H20BrN3O2S.HI/c1-19-17(20-8-7-13-4-6-16(18)24-13)21-12-3-5-14-15(11-12)23-10-2-9-22-14;/h3-6,11H,2,7-10H2,1H3,(H2,19,20,21);1H. The summed E-state index contributed by atoms with van der Waals surface area (Å²) in [5.41, 5.74) is 0.922. The van der Waals surface area contributed by atoms with Gasteiger partial charge in [-0.05, 0) is 46.6 Å². The van der Waals surface area contributed by atoms with Crippen molar-refractivity contribution in [3.8, 4) is 11.5 Å². The van der Waals surface area contributed by atoms with E-state index < -0.39 is 0 Å². The summed E-state index contributed by atoms with van der Waals surface area (Å²) in [5.74, 6) is 2.31. The van der Waals surface area contributed by atoms with Gasteiger partial charge in [-0.2, -0.15) is 0 Å². The zero-order chi connectivity index (χ0) is 16.8. The molecular weight excluding hydrogens is 517 g/mol. The van der Waals surface area contributed by atoms with Gasteiger partial charge in [-0.1, -0.05) is 0 Å². The zero-order valence-electron chi connectivity index (χ0n) is 13.9. The second kappa shape index (κ2) is 10.2. The summed E-state index contributed by atoms with van der Waals surface area (Å²) in [6.07, 6.45) is 1.86. The van der Waals surface area contributed by atoms with Gasteiger partial charge in [-0.15, -0.1) is 35.3 Å². The minimum Gasteiger partial charge on any atom is -0.490 e. The van der Waals surface area contributed by atoms with Crippen LogP contribution >= 0.6 is 51.2 Å². The van der Waals surface area contributed by atoms with Gasteiger partial charge in [-0.25, -0.2) is 0 Å². The number of halogens is 2. The van der Waals surface area contributed by atoms with Crippen molar-refractivity contribution in [1.82, 2.24) is 5.32 Å². The van der Waals surface area contributed by atoms with Crippen molar-refractivity contribution in [3.63, 3.8) is 0 Å². The number of anilines is 1. The molecule has 2 aromatic rings. The lowest BCUT2D eigenvalue weighted by Gasteiger charge is -2.13. The Hall–Kier alpha value is -1.00. The highest BCUT2D eigenvalue weighted by Gasteiger charge is 2.11. The van der Waals surface area contributed by atoms with Crippen LogP contribution in [0.4, 0.5) is 5.69 Å². The van der Waals surface area contributed by atoms with E-state index in [-0.39, 0.29) is 24.0 Å². The van der Waals surface area contributed by atoms with Crippen molar-refractivity contribution >= 4 is 62.9 Å². The van der Waals surface area contributed by atoms with Crippen molar-refractivity contribution in [2.24, 2.45) is 4.99 Å². The third kappa shape index (κ3) is 6.03. The van der Waals surface area contributed by atoms with Gasteiger partial charge in [0.25, 0.3) is 0 Å². The van der Waals surface area contributed by atoms with E-state index >= 15 is 0 Å². The largest absolute Gasteiger partial charge is 0.490 e. The Morgan fingerprint density at radius 3 is 2.72 bits per heavy atom. The molecule has 0 spiro atoms. The van der Waals surface area contributed by atoms with Crippen LogP contribution < -0.4 is 20.1 Å². The first kappa shape index (κ1) is 20.3. The minimum absolute atomic E-state index is 0. The van der Waals surface area contributed by atoms with Gasteiger partial charge in [0.1, 0.15) is 0 Å². The fourth-order valence-corrected chi connectivity index (χ4v) is 3.83. The normalized spacial score (nSPS) is 13.6. The topological polar surface area (TPSA) is 54.9 Å². The van der Waals surface area contributed by atoms with Gasteiger partial charge in [-0.3, -0.25) is 4.99 Å². The van der Waals surface area contributed by atoms with Gasteiger partial charge in [0.15, 0.2) is 17.5 Å². The summed E-state index contributed by atoms with van der Waals surface area (Å²) in [5, 5.41) is 6.61. The monoisotopic (exact) mass is 537 g/mol.